The number of hydrogen-bond acceptors (Lipinski definition) is 1. The van der Waals surface area contributed by atoms with Gasteiger partial charge in [-0.1, -0.05) is 19.1 Å². The summed E-state index contributed by atoms with van der Waals surface area (Å²) in [5.74, 6) is 0.0947. The molecule has 0 bridgehead atoms. The van der Waals surface area contributed by atoms with Crippen LogP contribution in [-0.4, -0.2) is 6.54 Å². The van der Waals surface area contributed by atoms with E-state index in [0.29, 0.717) is 6.54 Å². The molecule has 0 amide bonds. The van der Waals surface area contributed by atoms with E-state index in [1.54, 1.807) is 0 Å². The van der Waals surface area contributed by atoms with Gasteiger partial charge in [0, 0.05) is 0 Å². The number of alkyl halides is 3. The Morgan fingerprint density at radius 3 is 2.07 bits per heavy atom. The van der Waals surface area contributed by atoms with Crippen molar-refractivity contribution < 1.29 is 13.2 Å². The molecule has 1 rings (SSSR count). The van der Waals surface area contributed by atoms with Crippen LogP contribution in [0.1, 0.15) is 24.0 Å². The first-order chi connectivity index (χ1) is 6.45. The molecular weight excluding hydrogens is 191 g/mol. The topological polar surface area (TPSA) is 26.0 Å². The second-order valence-electron chi connectivity index (χ2n) is 3.26. The van der Waals surface area contributed by atoms with Crippen LogP contribution in [0.15, 0.2) is 24.3 Å². The van der Waals surface area contributed by atoms with Gasteiger partial charge in [0.2, 0.25) is 0 Å². The number of benzene rings is 1. The summed E-state index contributed by atoms with van der Waals surface area (Å²) in [7, 11) is 0. The van der Waals surface area contributed by atoms with Crippen LogP contribution < -0.4 is 5.73 Å². The first-order valence-electron chi connectivity index (χ1n) is 4.32. The van der Waals surface area contributed by atoms with Crippen LogP contribution in [0.3, 0.4) is 0 Å². The number of halogens is 3. The van der Waals surface area contributed by atoms with Crippen molar-refractivity contribution in [2.24, 2.45) is 5.73 Å². The molecule has 0 aliphatic heterocycles. The van der Waals surface area contributed by atoms with E-state index in [-0.39, 0.29) is 5.92 Å². The number of nitrogens with two attached hydrogens (primary N) is 1. The molecule has 0 fully saturated rings. The second-order valence-corrected chi connectivity index (χ2v) is 3.26. The molecule has 1 aromatic rings. The molecule has 1 nitrogen and oxygen atoms in total. The van der Waals surface area contributed by atoms with Crippen molar-refractivity contribution in [1.29, 1.82) is 0 Å². The van der Waals surface area contributed by atoms with E-state index in [9.17, 15) is 13.2 Å². The summed E-state index contributed by atoms with van der Waals surface area (Å²) in [6, 6.07) is 5.11. The van der Waals surface area contributed by atoms with Gasteiger partial charge in [-0.2, -0.15) is 13.2 Å². The lowest BCUT2D eigenvalue weighted by molar-refractivity contribution is -0.137. The van der Waals surface area contributed by atoms with Gasteiger partial charge in [-0.15, -0.1) is 0 Å². The predicted molar refractivity (Wildman–Crippen MR) is 48.9 cm³/mol. The summed E-state index contributed by atoms with van der Waals surface area (Å²) >= 11 is 0. The summed E-state index contributed by atoms with van der Waals surface area (Å²) in [6.45, 7) is 2.31. The molecule has 1 aromatic carbocycles. The lowest BCUT2D eigenvalue weighted by Crippen LogP contribution is -2.10. The maximum Gasteiger partial charge on any atom is 0.416 e. The van der Waals surface area contributed by atoms with Crippen molar-refractivity contribution in [1.82, 2.24) is 0 Å². The van der Waals surface area contributed by atoms with Crippen molar-refractivity contribution in [2.75, 3.05) is 6.54 Å². The highest BCUT2D eigenvalue weighted by Crippen LogP contribution is 2.29. The molecule has 0 aromatic heterocycles. The van der Waals surface area contributed by atoms with E-state index in [0.717, 1.165) is 17.7 Å². The minimum atomic E-state index is -4.26. The van der Waals surface area contributed by atoms with Crippen molar-refractivity contribution in [3.8, 4) is 0 Å². The Kier molecular flexibility index (Phi) is 3.16. The fourth-order valence-corrected chi connectivity index (χ4v) is 1.14. The molecule has 78 valence electrons. The summed E-state index contributed by atoms with van der Waals surface area (Å²) in [6.07, 6.45) is -4.26. The number of rotatable bonds is 2. The van der Waals surface area contributed by atoms with Gasteiger partial charge >= 0.3 is 6.18 Å². The molecule has 0 aliphatic rings. The fourth-order valence-electron chi connectivity index (χ4n) is 1.14. The van der Waals surface area contributed by atoms with Gasteiger partial charge in [-0.3, -0.25) is 0 Å². The van der Waals surface area contributed by atoms with Crippen LogP contribution >= 0.6 is 0 Å². The van der Waals surface area contributed by atoms with Crippen molar-refractivity contribution >= 4 is 0 Å². The zero-order valence-electron chi connectivity index (χ0n) is 7.81. The lowest BCUT2D eigenvalue weighted by Gasteiger charge is -2.11. The second kappa shape index (κ2) is 4.00. The Labute approximate surface area is 80.7 Å². The minimum absolute atomic E-state index is 0.0947. The lowest BCUT2D eigenvalue weighted by atomic mass is 10.00. The third-order valence-corrected chi connectivity index (χ3v) is 2.16. The van der Waals surface area contributed by atoms with E-state index < -0.39 is 11.7 Å². The quantitative estimate of drug-likeness (QED) is 0.785. The highest BCUT2D eigenvalue weighted by molar-refractivity contribution is 5.26. The van der Waals surface area contributed by atoms with Gasteiger partial charge in [0.1, 0.15) is 0 Å². The third-order valence-electron chi connectivity index (χ3n) is 2.16. The van der Waals surface area contributed by atoms with Crippen LogP contribution in [0.2, 0.25) is 0 Å². The Morgan fingerprint density at radius 2 is 1.71 bits per heavy atom. The molecule has 1 atom stereocenters. The van der Waals surface area contributed by atoms with Crippen LogP contribution in [-0.2, 0) is 6.18 Å². The normalized spacial score (nSPS) is 14.1. The van der Waals surface area contributed by atoms with Crippen molar-refractivity contribution in [3.05, 3.63) is 35.4 Å². The summed E-state index contributed by atoms with van der Waals surface area (Å²) in [5.41, 5.74) is 5.62. The molecular formula is C10H12F3N. The average molecular weight is 203 g/mol. The standard InChI is InChI=1S/C10H12F3N/c1-7(6-14)8-2-4-9(5-3-8)10(11,12)13/h2-5,7H,6,14H2,1H3/t7-/m0/s1. The summed E-state index contributed by atoms with van der Waals surface area (Å²) < 4.78 is 36.5. The summed E-state index contributed by atoms with van der Waals surface area (Å²) in [5, 5.41) is 0. The van der Waals surface area contributed by atoms with Gasteiger partial charge in [0.25, 0.3) is 0 Å². The zero-order chi connectivity index (χ0) is 10.8. The smallest absolute Gasteiger partial charge is 0.330 e. The molecule has 0 heterocycles. The van der Waals surface area contributed by atoms with Gasteiger partial charge in [-0.25, -0.2) is 0 Å². The molecule has 0 radical (unpaired) electrons. The Balaban J connectivity index is 2.89. The van der Waals surface area contributed by atoms with Gasteiger partial charge in [-0.05, 0) is 30.2 Å². The largest absolute Gasteiger partial charge is 0.416 e. The molecule has 0 aliphatic carbocycles. The van der Waals surface area contributed by atoms with Crippen LogP contribution in [0.5, 0.6) is 0 Å². The highest BCUT2D eigenvalue weighted by atomic mass is 19.4. The van der Waals surface area contributed by atoms with Crippen LogP contribution in [0, 0.1) is 0 Å². The van der Waals surface area contributed by atoms with Crippen molar-refractivity contribution in [2.45, 2.75) is 19.0 Å². The number of hydrogen-bond donors (Lipinski definition) is 1. The van der Waals surface area contributed by atoms with Crippen LogP contribution in [0.4, 0.5) is 13.2 Å². The Hall–Kier alpha value is -1.03. The first-order valence-corrected chi connectivity index (χ1v) is 4.32. The maximum absolute atomic E-state index is 12.2. The van der Waals surface area contributed by atoms with E-state index in [4.69, 9.17) is 5.73 Å². The van der Waals surface area contributed by atoms with Crippen LogP contribution in [0.25, 0.3) is 0 Å². The molecule has 4 heteroatoms. The minimum Gasteiger partial charge on any atom is -0.330 e. The molecule has 14 heavy (non-hydrogen) atoms. The molecule has 2 N–H and O–H groups in total. The van der Waals surface area contributed by atoms with E-state index >= 15 is 0 Å². The van der Waals surface area contributed by atoms with E-state index in [1.165, 1.54) is 12.1 Å². The molecule has 0 saturated heterocycles. The monoisotopic (exact) mass is 203 g/mol. The molecule has 0 saturated carbocycles. The van der Waals surface area contributed by atoms with E-state index in [2.05, 4.69) is 0 Å². The van der Waals surface area contributed by atoms with Gasteiger partial charge in [0.15, 0.2) is 0 Å². The first kappa shape index (κ1) is 11.0. The predicted octanol–water partition coefficient (Wildman–Crippen LogP) is 2.77. The van der Waals surface area contributed by atoms with E-state index in [1.807, 2.05) is 6.92 Å². The molecule has 0 spiro atoms. The summed E-state index contributed by atoms with van der Waals surface area (Å²) in [4.78, 5) is 0. The van der Waals surface area contributed by atoms with Crippen molar-refractivity contribution in [3.63, 3.8) is 0 Å². The zero-order valence-corrected chi connectivity index (χ0v) is 7.81. The van der Waals surface area contributed by atoms with Gasteiger partial charge in [0.05, 0.1) is 5.56 Å². The SMILES string of the molecule is C[C@@H](CN)c1ccc(C(F)(F)F)cc1. The maximum atomic E-state index is 12.2. The Morgan fingerprint density at radius 1 is 1.21 bits per heavy atom. The fraction of sp³-hybridized carbons (Fsp3) is 0.400. The average Bonchev–Trinajstić information content (AvgIpc) is 2.15. The Bertz CT molecular complexity index is 289. The third kappa shape index (κ3) is 2.48. The highest BCUT2D eigenvalue weighted by Gasteiger charge is 2.29. The molecule has 0 unspecified atom stereocenters. The van der Waals surface area contributed by atoms with Gasteiger partial charge < -0.3 is 5.73 Å².